The van der Waals surface area contributed by atoms with Crippen LogP contribution in [0.3, 0.4) is 0 Å². The van der Waals surface area contributed by atoms with Gasteiger partial charge in [0.2, 0.25) is 5.78 Å². The number of methoxy groups -OCH3 is 1. The van der Waals surface area contributed by atoms with Gasteiger partial charge in [-0.15, -0.1) is 11.3 Å². The second-order valence-corrected chi connectivity index (χ2v) is 12.5. The van der Waals surface area contributed by atoms with E-state index in [1.807, 2.05) is 30.3 Å². The number of halogens is 3. The maximum absolute atomic E-state index is 14.0. The van der Waals surface area contributed by atoms with Gasteiger partial charge >= 0.3 is 0 Å². The van der Waals surface area contributed by atoms with Crippen LogP contribution in [0.25, 0.3) is 17.3 Å². The molecule has 0 amide bonds. The summed E-state index contributed by atoms with van der Waals surface area (Å²) < 4.78 is 13.3. The topological polar surface area (TPSA) is 81.3 Å². The van der Waals surface area contributed by atoms with Gasteiger partial charge in [0.1, 0.15) is 22.9 Å². The molecule has 0 N–H and O–H groups in total. The van der Waals surface area contributed by atoms with E-state index in [-0.39, 0.29) is 26.4 Å². The summed E-state index contributed by atoms with van der Waals surface area (Å²) in [6, 6.07) is 26.6. The molecule has 0 aliphatic heterocycles. The van der Waals surface area contributed by atoms with Crippen LogP contribution in [0.1, 0.15) is 40.4 Å². The molecule has 0 aliphatic rings. The highest BCUT2D eigenvalue weighted by Gasteiger charge is 2.19. The Balaban J connectivity index is 1.63. The number of hydrogen-bond donors (Lipinski definition) is 0. The third kappa shape index (κ3) is 7.22. The molecule has 0 radical (unpaired) electrons. The number of benzene rings is 4. The fraction of sp³-hybridized carbons (Fsp3) is 0.139. The van der Waals surface area contributed by atoms with Crippen molar-refractivity contribution in [3.63, 3.8) is 0 Å². The van der Waals surface area contributed by atoms with Crippen LogP contribution in [-0.4, -0.2) is 17.5 Å². The summed E-state index contributed by atoms with van der Waals surface area (Å²) in [6.45, 7) is 2.32. The third-order valence-corrected chi connectivity index (χ3v) is 9.32. The number of hydrogen-bond acceptors (Lipinski definition) is 6. The quantitative estimate of drug-likeness (QED) is 0.140. The van der Waals surface area contributed by atoms with E-state index in [4.69, 9.17) is 44.3 Å². The molecule has 1 heterocycles. The third-order valence-electron chi connectivity index (χ3n) is 7.12. The molecule has 0 bridgehead atoms. The van der Waals surface area contributed by atoms with Gasteiger partial charge in [0.15, 0.2) is 11.5 Å². The fourth-order valence-electron chi connectivity index (χ4n) is 4.78. The van der Waals surface area contributed by atoms with Gasteiger partial charge in [-0.05, 0) is 60.0 Å². The van der Waals surface area contributed by atoms with E-state index in [2.05, 4.69) is 13.0 Å². The van der Waals surface area contributed by atoms with Gasteiger partial charge in [-0.25, -0.2) is 0 Å². The van der Waals surface area contributed by atoms with Crippen LogP contribution in [0.5, 0.6) is 11.5 Å². The van der Waals surface area contributed by atoms with Crippen LogP contribution in [0, 0.1) is 11.3 Å². The summed E-state index contributed by atoms with van der Waals surface area (Å²) in [5.74, 6) is 0.456. The van der Waals surface area contributed by atoms with Crippen molar-refractivity contribution in [3.05, 3.63) is 142 Å². The summed E-state index contributed by atoms with van der Waals surface area (Å²) >= 11 is 19.8. The Bertz CT molecular complexity index is 2150. The van der Waals surface area contributed by atoms with Crippen LogP contribution >= 0.6 is 46.1 Å². The lowest BCUT2D eigenvalue weighted by Crippen LogP contribution is -2.31. The molecular weight excluding hydrogens is 663 g/mol. The molecule has 0 atom stereocenters. The Hall–Kier alpha value is -4.32. The van der Waals surface area contributed by atoms with Crippen molar-refractivity contribution in [2.24, 2.45) is 0 Å². The van der Waals surface area contributed by atoms with Gasteiger partial charge in [-0.3, -0.25) is 14.2 Å². The highest BCUT2D eigenvalue weighted by atomic mass is 35.5. The molecule has 0 aliphatic carbocycles. The van der Waals surface area contributed by atoms with Crippen LogP contribution in [0.2, 0.25) is 15.1 Å². The minimum Gasteiger partial charge on any atom is -0.493 e. The molecule has 0 spiro atoms. The standard InChI is InChI=1S/C36H27Cl3N2O4S/c1-3-6-22-9-12-24(13-10-22)34(42)27(20-40)36-41(26-14-15-29(38)30(39)19-26)35(43)33(46-36)18-23-11-16-31(32(17-23)44-2)45-21-25-7-4-5-8-28(25)37/h4-5,7-19H,3,6,21H2,1-2H3/b33-18-,36-27+. The molecule has 5 aromatic rings. The highest BCUT2D eigenvalue weighted by molar-refractivity contribution is 7.07. The number of carbonyl (C=O) groups excluding carboxylic acids is 1. The summed E-state index contributed by atoms with van der Waals surface area (Å²) in [5.41, 5.74) is 2.67. The van der Waals surface area contributed by atoms with E-state index in [0.29, 0.717) is 38.4 Å². The van der Waals surface area contributed by atoms with Gasteiger partial charge in [-0.2, -0.15) is 5.26 Å². The number of carbonyl (C=O) groups is 1. The zero-order valence-corrected chi connectivity index (χ0v) is 27.9. The number of rotatable bonds is 10. The minimum absolute atomic E-state index is 0.169. The molecule has 0 saturated heterocycles. The lowest BCUT2D eigenvalue weighted by molar-refractivity contribution is 0.105. The van der Waals surface area contributed by atoms with E-state index >= 15 is 0 Å². The molecule has 5 rings (SSSR count). The second kappa shape index (κ2) is 14.8. The lowest BCUT2D eigenvalue weighted by atomic mass is 10.0. The largest absolute Gasteiger partial charge is 0.493 e. The smallest absolute Gasteiger partial charge is 0.273 e. The number of aromatic nitrogens is 1. The van der Waals surface area contributed by atoms with Crippen LogP contribution < -0.4 is 24.2 Å². The SMILES string of the molecule is CCCc1ccc(C(=O)/C(C#N)=c2/s/c(=C\c3ccc(OCc4ccccc4Cl)c(OC)c3)c(=O)n2-c2ccc(Cl)c(Cl)c2)cc1. The van der Waals surface area contributed by atoms with Crippen LogP contribution in [0.15, 0.2) is 89.7 Å². The minimum atomic E-state index is -0.492. The molecule has 6 nitrogen and oxygen atoms in total. The van der Waals surface area contributed by atoms with Gasteiger partial charge in [-0.1, -0.05) is 96.7 Å². The van der Waals surface area contributed by atoms with E-state index in [9.17, 15) is 14.9 Å². The molecule has 0 saturated carbocycles. The Morgan fingerprint density at radius 3 is 2.37 bits per heavy atom. The van der Waals surface area contributed by atoms with Crippen molar-refractivity contribution in [1.82, 2.24) is 4.57 Å². The molecular formula is C36H27Cl3N2O4S. The van der Waals surface area contributed by atoms with Gasteiger partial charge < -0.3 is 9.47 Å². The van der Waals surface area contributed by atoms with Gasteiger partial charge in [0.25, 0.3) is 5.56 Å². The van der Waals surface area contributed by atoms with Crippen molar-refractivity contribution in [3.8, 4) is 23.3 Å². The van der Waals surface area contributed by atoms with E-state index < -0.39 is 11.3 Å². The zero-order chi connectivity index (χ0) is 32.8. The van der Waals surface area contributed by atoms with Crippen LogP contribution in [-0.2, 0) is 13.0 Å². The fourth-order valence-corrected chi connectivity index (χ4v) is 6.36. The summed E-state index contributed by atoms with van der Waals surface area (Å²) in [4.78, 5) is 27.6. The molecule has 10 heteroatoms. The molecule has 0 unspecified atom stereocenters. The summed E-state index contributed by atoms with van der Waals surface area (Å²) in [7, 11) is 1.52. The summed E-state index contributed by atoms with van der Waals surface area (Å²) in [6.07, 6.45) is 3.52. The van der Waals surface area contributed by atoms with Crippen LogP contribution in [0.4, 0.5) is 0 Å². The Morgan fingerprint density at radius 2 is 1.70 bits per heavy atom. The number of nitrogens with zero attached hydrogens (tertiary/aromatic N) is 2. The van der Waals surface area contributed by atoms with Crippen molar-refractivity contribution >= 4 is 63.6 Å². The van der Waals surface area contributed by atoms with Crippen molar-refractivity contribution in [2.75, 3.05) is 7.11 Å². The number of ether oxygens (including phenoxy) is 2. The summed E-state index contributed by atoms with van der Waals surface area (Å²) in [5, 5.41) is 11.4. The van der Waals surface area contributed by atoms with Gasteiger partial charge in [0.05, 0.1) is 27.4 Å². The van der Waals surface area contributed by atoms with Crippen molar-refractivity contribution in [1.29, 1.82) is 5.26 Å². The first-order valence-electron chi connectivity index (χ1n) is 14.2. The number of ketones is 1. The van der Waals surface area contributed by atoms with E-state index in [0.717, 1.165) is 35.3 Å². The Kier molecular flexibility index (Phi) is 10.7. The first-order valence-corrected chi connectivity index (χ1v) is 16.2. The second-order valence-electron chi connectivity index (χ2n) is 10.2. The predicted molar refractivity (Wildman–Crippen MR) is 185 cm³/mol. The monoisotopic (exact) mass is 688 g/mol. The van der Waals surface area contributed by atoms with E-state index in [1.54, 1.807) is 54.6 Å². The first kappa shape index (κ1) is 33.1. The Labute approximate surface area is 284 Å². The molecule has 1 aromatic heterocycles. The Morgan fingerprint density at radius 1 is 0.935 bits per heavy atom. The van der Waals surface area contributed by atoms with E-state index in [1.165, 1.54) is 17.7 Å². The molecule has 0 fully saturated rings. The van der Waals surface area contributed by atoms with Crippen molar-refractivity contribution in [2.45, 2.75) is 26.4 Å². The number of nitriles is 1. The molecule has 4 aromatic carbocycles. The number of thiazole rings is 1. The number of Topliss-reactive ketones (excluding diaryl/α,β-unsaturated/α-hetero) is 1. The number of aryl methyl sites for hydroxylation is 1. The first-order chi connectivity index (χ1) is 22.2. The zero-order valence-electron chi connectivity index (χ0n) is 24.9. The predicted octanol–water partition coefficient (Wildman–Crippen LogP) is 7.79. The maximum atomic E-state index is 14.0. The van der Waals surface area contributed by atoms with Gasteiger partial charge in [0, 0.05) is 16.1 Å². The highest BCUT2D eigenvalue weighted by Crippen LogP contribution is 2.30. The van der Waals surface area contributed by atoms with Crippen molar-refractivity contribution < 1.29 is 14.3 Å². The lowest BCUT2D eigenvalue weighted by Gasteiger charge is -2.12. The average Bonchev–Trinajstić information content (AvgIpc) is 3.37. The maximum Gasteiger partial charge on any atom is 0.273 e. The molecule has 232 valence electrons. The normalized spacial score (nSPS) is 12.0. The average molecular weight is 690 g/mol. The molecule has 46 heavy (non-hydrogen) atoms.